The first-order chi connectivity index (χ1) is 19.6. The molecule has 2 aromatic carbocycles. The van der Waals surface area contributed by atoms with Crippen molar-refractivity contribution in [1.82, 2.24) is 19.0 Å². The van der Waals surface area contributed by atoms with E-state index in [0.717, 1.165) is 5.56 Å². The maximum absolute atomic E-state index is 14.8. The van der Waals surface area contributed by atoms with Gasteiger partial charge in [0.05, 0.1) is 31.8 Å². The van der Waals surface area contributed by atoms with Gasteiger partial charge < -0.3 is 19.0 Å². The molecule has 0 spiro atoms. The van der Waals surface area contributed by atoms with Crippen molar-refractivity contribution in [2.45, 2.75) is 51.2 Å². The molecule has 4 aromatic rings. The number of nitrogens with zero attached hydrogens (tertiary/aromatic N) is 5. The van der Waals surface area contributed by atoms with E-state index in [1.807, 2.05) is 41.1 Å². The van der Waals surface area contributed by atoms with E-state index in [1.165, 1.54) is 18.3 Å². The van der Waals surface area contributed by atoms with Gasteiger partial charge in [0.1, 0.15) is 5.82 Å². The number of rotatable bonds is 9. The first-order valence-corrected chi connectivity index (χ1v) is 13.4. The van der Waals surface area contributed by atoms with Crippen LogP contribution in [-0.4, -0.2) is 56.0 Å². The van der Waals surface area contributed by atoms with E-state index in [2.05, 4.69) is 9.83 Å². The van der Waals surface area contributed by atoms with Crippen molar-refractivity contribution in [2.24, 2.45) is 0 Å². The third-order valence-corrected chi connectivity index (χ3v) is 7.38. The van der Waals surface area contributed by atoms with Crippen molar-refractivity contribution in [3.63, 3.8) is 0 Å². The van der Waals surface area contributed by atoms with E-state index in [-0.39, 0.29) is 43.0 Å². The molecule has 41 heavy (non-hydrogen) atoms. The predicted molar refractivity (Wildman–Crippen MR) is 146 cm³/mol. The zero-order valence-corrected chi connectivity index (χ0v) is 22.6. The lowest BCUT2D eigenvalue weighted by atomic mass is 9.91. The van der Waals surface area contributed by atoms with E-state index in [0.29, 0.717) is 42.3 Å². The minimum Gasteiger partial charge on any atom is -0.466 e. The van der Waals surface area contributed by atoms with Crippen LogP contribution in [0.25, 0.3) is 15.7 Å². The number of carbonyl (C=O) groups excluding carboxylic acids is 1. The van der Waals surface area contributed by atoms with Crippen molar-refractivity contribution < 1.29 is 27.8 Å². The summed E-state index contributed by atoms with van der Waals surface area (Å²) < 4.78 is 52.9. The Morgan fingerprint density at radius 2 is 1.93 bits per heavy atom. The number of aromatic nitrogens is 3. The second kappa shape index (κ2) is 11.4. The zero-order valence-electron chi connectivity index (χ0n) is 22.6. The number of halogens is 3. The molecule has 0 radical (unpaired) electrons. The average Bonchev–Trinajstić information content (AvgIpc) is 3.52. The molecule has 3 heterocycles. The third kappa shape index (κ3) is 5.85. The van der Waals surface area contributed by atoms with Crippen LogP contribution < -0.4 is 0 Å². The number of aliphatic hydroxyl groups is 1. The molecule has 0 saturated carbocycles. The third-order valence-electron chi connectivity index (χ3n) is 7.38. The molecule has 0 aliphatic carbocycles. The zero-order chi connectivity index (χ0) is 29.2. The lowest BCUT2D eigenvalue weighted by molar-refractivity contribution is -0.272. The van der Waals surface area contributed by atoms with Gasteiger partial charge in [-0.1, -0.05) is 42.5 Å². The van der Waals surface area contributed by atoms with E-state index < -0.39 is 18.3 Å². The van der Waals surface area contributed by atoms with Crippen LogP contribution in [0.1, 0.15) is 36.0 Å². The Balaban J connectivity index is 1.45. The number of esters is 1. The van der Waals surface area contributed by atoms with E-state index in [4.69, 9.17) is 11.3 Å². The van der Waals surface area contributed by atoms with Crippen LogP contribution in [0.5, 0.6) is 0 Å². The largest absolute Gasteiger partial charge is 0.466 e. The minimum absolute atomic E-state index is 0.113. The lowest BCUT2D eigenvalue weighted by Crippen LogP contribution is -2.52. The van der Waals surface area contributed by atoms with Crippen molar-refractivity contribution in [3.8, 4) is 0 Å². The molecule has 0 bridgehead atoms. The molecule has 214 valence electrons. The first-order valence-electron chi connectivity index (χ1n) is 13.4. The van der Waals surface area contributed by atoms with Gasteiger partial charge in [-0.05, 0) is 18.6 Å². The number of hydrogen-bond donors (Lipinski definition) is 1. The maximum atomic E-state index is 14.8. The molecule has 1 atom stereocenters. The van der Waals surface area contributed by atoms with Crippen LogP contribution in [0.4, 0.5) is 18.9 Å². The fourth-order valence-electron chi connectivity index (χ4n) is 5.32. The Morgan fingerprint density at radius 1 is 1.15 bits per heavy atom. The molecule has 11 heteroatoms. The molecule has 2 aromatic heterocycles. The van der Waals surface area contributed by atoms with Gasteiger partial charge in [0.15, 0.2) is 5.69 Å². The van der Waals surface area contributed by atoms with E-state index in [9.17, 15) is 23.1 Å². The molecule has 1 N–H and O–H groups in total. The highest BCUT2D eigenvalue weighted by atomic mass is 19.4. The number of β-amino-alcohol motifs (C(OH)–C–C–N with tert-alkyl or cyclic N) is 1. The van der Waals surface area contributed by atoms with Crippen LogP contribution in [0, 0.1) is 6.57 Å². The van der Waals surface area contributed by atoms with Crippen LogP contribution in [0.3, 0.4) is 0 Å². The summed E-state index contributed by atoms with van der Waals surface area (Å²) in [5.74, 6) is 0.248. The van der Waals surface area contributed by atoms with Crippen LogP contribution in [0.15, 0.2) is 60.9 Å². The van der Waals surface area contributed by atoms with Gasteiger partial charge in [-0.25, -0.2) is 9.83 Å². The second-order valence-corrected chi connectivity index (χ2v) is 10.2. The van der Waals surface area contributed by atoms with Crippen molar-refractivity contribution in [1.29, 1.82) is 0 Å². The Hall–Kier alpha value is -4.14. The molecule has 1 unspecified atom stereocenters. The van der Waals surface area contributed by atoms with Gasteiger partial charge in [0.2, 0.25) is 5.60 Å². The standard InChI is InChI=1S/C30H30F3N5O3/c1-3-41-28(39)12-10-23-17-37-14-13-36(19-27(37)35-23)20-29(40,30(31,32)33)25-18-38(16-21-7-5-4-6-8-21)26-15-22(34-2)9-11-24(25)26/h4-9,11,15,17-18,40H,3,10,12-14,16,19-20H2,1H3. The molecule has 1 aliphatic heterocycles. The van der Waals surface area contributed by atoms with Gasteiger partial charge in [0.25, 0.3) is 0 Å². The molecule has 0 saturated heterocycles. The maximum Gasteiger partial charge on any atom is 0.422 e. The fourth-order valence-corrected chi connectivity index (χ4v) is 5.32. The van der Waals surface area contributed by atoms with Gasteiger partial charge in [-0.15, -0.1) is 0 Å². The predicted octanol–water partition coefficient (Wildman–Crippen LogP) is 5.20. The molecule has 8 nitrogen and oxygen atoms in total. The Bertz CT molecular complexity index is 1590. The number of carbonyl (C=O) groups is 1. The summed E-state index contributed by atoms with van der Waals surface area (Å²) in [5, 5.41) is 11.7. The van der Waals surface area contributed by atoms with Gasteiger partial charge >= 0.3 is 12.1 Å². The highest BCUT2D eigenvalue weighted by Crippen LogP contribution is 2.44. The monoisotopic (exact) mass is 565 g/mol. The normalized spacial score (nSPS) is 15.3. The summed E-state index contributed by atoms with van der Waals surface area (Å²) in [5.41, 5.74) is -1.14. The Labute approximate surface area is 235 Å². The SMILES string of the molecule is [C-]#[N+]c1ccc2c(C(O)(CN3CCn4cc(CCC(=O)OCC)nc4C3)C(F)(F)F)cn(Cc3ccccc3)c2c1. The first kappa shape index (κ1) is 28.4. The van der Waals surface area contributed by atoms with E-state index in [1.54, 1.807) is 22.5 Å². The number of aryl methyl sites for hydroxylation is 1. The highest BCUT2D eigenvalue weighted by molar-refractivity contribution is 5.88. The number of ether oxygens (including phenoxy) is 1. The molecule has 5 rings (SSSR count). The summed E-state index contributed by atoms with van der Waals surface area (Å²) in [6.45, 7) is 9.80. The molecular formula is C30H30F3N5O3. The van der Waals surface area contributed by atoms with Crippen molar-refractivity contribution in [2.75, 3.05) is 19.7 Å². The second-order valence-electron chi connectivity index (χ2n) is 10.2. The van der Waals surface area contributed by atoms with Gasteiger partial charge in [-0.2, -0.15) is 13.2 Å². The smallest absolute Gasteiger partial charge is 0.422 e. The fraction of sp³-hybridized carbons (Fsp3) is 0.367. The number of fused-ring (bicyclic) bond motifs is 2. The quantitative estimate of drug-likeness (QED) is 0.223. The van der Waals surface area contributed by atoms with Gasteiger partial charge in [0, 0.05) is 61.5 Å². The van der Waals surface area contributed by atoms with Crippen LogP contribution in [0.2, 0.25) is 0 Å². The van der Waals surface area contributed by atoms with Crippen molar-refractivity contribution in [3.05, 3.63) is 95.0 Å². The summed E-state index contributed by atoms with van der Waals surface area (Å²) in [4.78, 5) is 21.3. The van der Waals surface area contributed by atoms with Crippen molar-refractivity contribution >= 4 is 22.6 Å². The topological polar surface area (TPSA) is 76.9 Å². The number of imidazole rings is 1. The van der Waals surface area contributed by atoms with E-state index >= 15 is 0 Å². The molecule has 1 aliphatic rings. The highest BCUT2D eigenvalue weighted by Gasteiger charge is 2.57. The minimum atomic E-state index is -4.98. The Kier molecular flexibility index (Phi) is 7.89. The van der Waals surface area contributed by atoms with Gasteiger partial charge in [-0.3, -0.25) is 9.69 Å². The summed E-state index contributed by atoms with van der Waals surface area (Å²) in [7, 11) is 0. The number of alkyl halides is 3. The lowest BCUT2D eigenvalue weighted by Gasteiger charge is -2.37. The molecule has 0 fully saturated rings. The van der Waals surface area contributed by atoms with Crippen LogP contribution >= 0.6 is 0 Å². The average molecular weight is 566 g/mol. The number of benzene rings is 2. The molecular weight excluding hydrogens is 535 g/mol. The number of hydrogen-bond acceptors (Lipinski definition) is 5. The summed E-state index contributed by atoms with van der Waals surface area (Å²) in [6.07, 6.45) is -1.26. The van der Waals surface area contributed by atoms with Crippen LogP contribution in [-0.2, 0) is 41.2 Å². The Morgan fingerprint density at radius 3 is 2.63 bits per heavy atom. The summed E-state index contributed by atoms with van der Waals surface area (Å²) >= 11 is 0. The summed E-state index contributed by atoms with van der Waals surface area (Å²) in [6, 6.07) is 13.8. The molecule has 0 amide bonds.